The third-order valence-electron chi connectivity index (χ3n) is 3.66. The van der Waals surface area contributed by atoms with Gasteiger partial charge >= 0.3 is 0 Å². The first-order valence-electron chi connectivity index (χ1n) is 8.53. The number of hydrogen-bond donors (Lipinski definition) is 0. The topological polar surface area (TPSA) is 35.0 Å². The molecule has 0 spiro atoms. The molecule has 126 valence electrons. The van der Waals surface area contributed by atoms with Crippen molar-refractivity contribution in [2.45, 2.75) is 33.1 Å². The Balaban J connectivity index is 1.75. The molecule has 0 bridgehead atoms. The van der Waals surface area contributed by atoms with Gasteiger partial charge in [-0.3, -0.25) is 9.97 Å². The molecule has 0 N–H and O–H groups in total. The highest BCUT2D eigenvalue weighted by Gasteiger charge is 2.02. The summed E-state index contributed by atoms with van der Waals surface area (Å²) in [6.45, 7) is 5.56. The molecule has 0 aliphatic heterocycles. The number of aryl methyl sites for hydroxylation is 2. The van der Waals surface area contributed by atoms with Crippen molar-refractivity contribution < 1.29 is 4.74 Å². The van der Waals surface area contributed by atoms with Crippen LogP contribution < -0.4 is 0 Å². The standard InChI is InChI=1S/C21H26N2O/c1-3-4-5-7-14-24-15-8-6-9-19-11-13-23-21(17-19)20-16-18(2)10-12-22-20/h3-5,7,10-13,16-17H,6,8-9,14-15H2,1-2H3/b4-3+,7-5+. The van der Waals surface area contributed by atoms with Crippen LogP contribution in [-0.2, 0) is 11.2 Å². The second-order valence-electron chi connectivity index (χ2n) is 5.75. The summed E-state index contributed by atoms with van der Waals surface area (Å²) >= 11 is 0. The third kappa shape index (κ3) is 6.47. The fraction of sp³-hybridized carbons (Fsp3) is 0.333. The van der Waals surface area contributed by atoms with Gasteiger partial charge in [0.15, 0.2) is 0 Å². The van der Waals surface area contributed by atoms with E-state index in [4.69, 9.17) is 4.74 Å². The fourth-order valence-electron chi connectivity index (χ4n) is 2.38. The molecule has 3 heteroatoms. The highest BCUT2D eigenvalue weighted by atomic mass is 16.5. The van der Waals surface area contributed by atoms with Crippen molar-refractivity contribution in [1.29, 1.82) is 0 Å². The number of rotatable bonds is 9. The molecule has 0 unspecified atom stereocenters. The van der Waals surface area contributed by atoms with E-state index in [-0.39, 0.29) is 0 Å². The number of allylic oxidation sites excluding steroid dienone is 3. The second-order valence-corrected chi connectivity index (χ2v) is 5.75. The van der Waals surface area contributed by atoms with E-state index in [9.17, 15) is 0 Å². The summed E-state index contributed by atoms with van der Waals surface area (Å²) in [6, 6.07) is 8.30. The lowest BCUT2D eigenvalue weighted by Gasteiger charge is -2.05. The van der Waals surface area contributed by atoms with Crippen LogP contribution in [0, 0.1) is 6.92 Å². The molecule has 24 heavy (non-hydrogen) atoms. The van der Waals surface area contributed by atoms with Crippen LogP contribution in [0.3, 0.4) is 0 Å². The molecular weight excluding hydrogens is 296 g/mol. The maximum atomic E-state index is 5.58. The van der Waals surface area contributed by atoms with Crippen molar-refractivity contribution in [2.75, 3.05) is 13.2 Å². The number of hydrogen-bond acceptors (Lipinski definition) is 3. The summed E-state index contributed by atoms with van der Waals surface area (Å²) in [6.07, 6.45) is 15.0. The van der Waals surface area contributed by atoms with Crippen molar-refractivity contribution in [3.63, 3.8) is 0 Å². The van der Waals surface area contributed by atoms with Crippen molar-refractivity contribution >= 4 is 0 Å². The lowest BCUT2D eigenvalue weighted by molar-refractivity contribution is 0.158. The van der Waals surface area contributed by atoms with E-state index in [0.29, 0.717) is 6.61 Å². The first kappa shape index (κ1) is 18.1. The highest BCUT2D eigenvalue weighted by Crippen LogP contribution is 2.17. The average molecular weight is 322 g/mol. The number of unbranched alkanes of at least 4 members (excludes halogenated alkanes) is 1. The summed E-state index contributed by atoms with van der Waals surface area (Å²) in [5, 5.41) is 0. The average Bonchev–Trinajstić information content (AvgIpc) is 2.61. The summed E-state index contributed by atoms with van der Waals surface area (Å²) in [4.78, 5) is 8.85. The van der Waals surface area contributed by atoms with Gasteiger partial charge in [0.25, 0.3) is 0 Å². The molecule has 0 saturated heterocycles. The van der Waals surface area contributed by atoms with Crippen molar-refractivity contribution in [1.82, 2.24) is 9.97 Å². The maximum absolute atomic E-state index is 5.58. The van der Waals surface area contributed by atoms with Gasteiger partial charge in [0.05, 0.1) is 18.0 Å². The molecule has 0 aliphatic carbocycles. The summed E-state index contributed by atoms with van der Waals surface area (Å²) < 4.78 is 5.58. The number of pyridine rings is 2. The smallest absolute Gasteiger partial charge is 0.0888 e. The van der Waals surface area contributed by atoms with Gasteiger partial charge in [0, 0.05) is 19.0 Å². The molecule has 2 heterocycles. The van der Waals surface area contributed by atoms with E-state index in [1.807, 2.05) is 49.7 Å². The molecule has 0 amide bonds. The van der Waals surface area contributed by atoms with Crippen LogP contribution in [0.15, 0.2) is 61.0 Å². The fourth-order valence-corrected chi connectivity index (χ4v) is 2.38. The molecule has 0 saturated carbocycles. The van der Waals surface area contributed by atoms with E-state index in [2.05, 4.69) is 35.1 Å². The Morgan fingerprint density at radius 1 is 1.00 bits per heavy atom. The molecule has 2 aromatic rings. The van der Waals surface area contributed by atoms with E-state index < -0.39 is 0 Å². The molecule has 0 atom stereocenters. The van der Waals surface area contributed by atoms with Gasteiger partial charge < -0.3 is 4.74 Å². The van der Waals surface area contributed by atoms with Crippen LogP contribution in [-0.4, -0.2) is 23.2 Å². The van der Waals surface area contributed by atoms with Crippen molar-refractivity contribution in [2.24, 2.45) is 0 Å². The van der Waals surface area contributed by atoms with Crippen molar-refractivity contribution in [3.8, 4) is 11.4 Å². The molecule has 3 nitrogen and oxygen atoms in total. The normalized spacial score (nSPS) is 11.6. The molecule has 0 aromatic carbocycles. The van der Waals surface area contributed by atoms with Gasteiger partial charge in [-0.1, -0.05) is 24.3 Å². The Labute approximate surface area is 145 Å². The van der Waals surface area contributed by atoms with Gasteiger partial charge in [0.1, 0.15) is 0 Å². The van der Waals surface area contributed by atoms with Gasteiger partial charge in [-0.15, -0.1) is 0 Å². The van der Waals surface area contributed by atoms with E-state index >= 15 is 0 Å². The SMILES string of the molecule is C/C=C/C=C/COCCCCc1ccnc(-c2cc(C)ccn2)c1. The Morgan fingerprint density at radius 2 is 1.79 bits per heavy atom. The first-order chi connectivity index (χ1) is 11.8. The molecular formula is C21H26N2O. The van der Waals surface area contributed by atoms with Gasteiger partial charge in [-0.25, -0.2) is 0 Å². The third-order valence-corrected chi connectivity index (χ3v) is 3.66. The molecule has 2 rings (SSSR count). The van der Waals surface area contributed by atoms with Crippen LogP contribution >= 0.6 is 0 Å². The zero-order chi connectivity index (χ0) is 17.0. The summed E-state index contributed by atoms with van der Waals surface area (Å²) in [7, 11) is 0. The van der Waals surface area contributed by atoms with E-state index in [0.717, 1.165) is 37.3 Å². The highest BCUT2D eigenvalue weighted by molar-refractivity contribution is 5.55. The van der Waals surface area contributed by atoms with Crippen LogP contribution in [0.5, 0.6) is 0 Å². The zero-order valence-corrected chi connectivity index (χ0v) is 14.6. The predicted octanol–water partition coefficient (Wildman–Crippen LogP) is 4.92. The molecule has 0 aliphatic rings. The van der Waals surface area contributed by atoms with Crippen LogP contribution in [0.25, 0.3) is 11.4 Å². The molecule has 2 aromatic heterocycles. The van der Waals surface area contributed by atoms with E-state index in [1.54, 1.807) is 0 Å². The van der Waals surface area contributed by atoms with Crippen LogP contribution in [0.4, 0.5) is 0 Å². The summed E-state index contributed by atoms with van der Waals surface area (Å²) in [5.41, 5.74) is 4.39. The minimum absolute atomic E-state index is 0.683. The first-order valence-corrected chi connectivity index (χ1v) is 8.53. The number of nitrogens with zero attached hydrogens (tertiary/aromatic N) is 2. The van der Waals surface area contributed by atoms with Gasteiger partial charge in [0.2, 0.25) is 0 Å². The Hall–Kier alpha value is -2.26. The zero-order valence-electron chi connectivity index (χ0n) is 14.6. The van der Waals surface area contributed by atoms with Crippen LogP contribution in [0.2, 0.25) is 0 Å². The predicted molar refractivity (Wildman–Crippen MR) is 99.9 cm³/mol. The lowest BCUT2D eigenvalue weighted by atomic mass is 10.1. The van der Waals surface area contributed by atoms with E-state index in [1.165, 1.54) is 11.1 Å². The Kier molecular flexibility index (Phi) is 7.91. The number of ether oxygens (including phenoxy) is 1. The minimum Gasteiger partial charge on any atom is -0.377 e. The Bertz CT molecular complexity index is 677. The second kappa shape index (κ2) is 10.5. The van der Waals surface area contributed by atoms with Gasteiger partial charge in [-0.05, 0) is 68.5 Å². The van der Waals surface area contributed by atoms with Gasteiger partial charge in [-0.2, -0.15) is 0 Å². The maximum Gasteiger partial charge on any atom is 0.0888 e. The summed E-state index contributed by atoms with van der Waals surface area (Å²) in [5.74, 6) is 0. The van der Waals surface area contributed by atoms with Crippen LogP contribution in [0.1, 0.15) is 30.9 Å². The Morgan fingerprint density at radius 3 is 2.58 bits per heavy atom. The minimum atomic E-state index is 0.683. The lowest BCUT2D eigenvalue weighted by Crippen LogP contribution is -1.96. The number of aromatic nitrogens is 2. The quantitative estimate of drug-likeness (QED) is 0.485. The largest absolute Gasteiger partial charge is 0.377 e. The van der Waals surface area contributed by atoms with Crippen molar-refractivity contribution in [3.05, 3.63) is 72.1 Å². The molecule has 0 fully saturated rings. The monoisotopic (exact) mass is 322 g/mol. The molecule has 0 radical (unpaired) electrons.